The predicted molar refractivity (Wildman–Crippen MR) is 115 cm³/mol. The van der Waals surface area contributed by atoms with Crippen molar-refractivity contribution in [3.05, 3.63) is 58.6 Å². The van der Waals surface area contributed by atoms with Crippen molar-refractivity contribution in [3.8, 4) is 11.5 Å². The Morgan fingerprint density at radius 2 is 1.97 bits per heavy atom. The zero-order chi connectivity index (χ0) is 20.6. The summed E-state index contributed by atoms with van der Waals surface area (Å²) in [4.78, 5) is 13.5. The molecule has 6 heteroatoms. The minimum absolute atomic E-state index is 0.167. The Morgan fingerprint density at radius 3 is 2.72 bits per heavy atom. The normalized spacial score (nSPS) is 17.5. The molecule has 1 atom stereocenters. The molecule has 0 bridgehead atoms. The zero-order valence-electron chi connectivity index (χ0n) is 16.9. The maximum atomic E-state index is 11.0. The molecule has 2 N–H and O–H groups in total. The number of likely N-dealkylation sites (tertiary alicyclic amines) is 1. The molecule has 0 radical (unpaired) electrons. The lowest BCUT2D eigenvalue weighted by atomic mass is 10.00. The number of hydrogen-bond acceptors (Lipinski definition) is 4. The standard InChI is InChI=1S/C23H29ClN2O3/c1-2-28-22-14-17(11-12-21(22)29-16-23(25)27)15-26-13-7-3-4-10-20(26)18-8-5-6-9-19(18)24/h5-6,8-9,11-12,14,20H,2-4,7,10,13,15-16H2,1H3,(H2,25,27). The monoisotopic (exact) mass is 416 g/mol. The number of hydrogen-bond donors (Lipinski definition) is 1. The molecule has 2 aromatic carbocycles. The Bertz CT molecular complexity index is 828. The number of nitrogens with two attached hydrogens (primary N) is 1. The van der Waals surface area contributed by atoms with E-state index in [1.807, 2.05) is 37.3 Å². The van der Waals surface area contributed by atoms with E-state index >= 15 is 0 Å². The topological polar surface area (TPSA) is 64.8 Å². The molecule has 1 unspecified atom stereocenters. The fourth-order valence-electron chi connectivity index (χ4n) is 3.88. The second-order valence-corrected chi connectivity index (χ2v) is 7.73. The van der Waals surface area contributed by atoms with Gasteiger partial charge in [-0.3, -0.25) is 9.69 Å². The van der Waals surface area contributed by atoms with Crippen LogP contribution in [0.15, 0.2) is 42.5 Å². The van der Waals surface area contributed by atoms with Crippen LogP contribution in [0, 0.1) is 0 Å². The third-order valence-corrected chi connectivity index (χ3v) is 5.54. The van der Waals surface area contributed by atoms with Gasteiger partial charge in [0.2, 0.25) is 0 Å². The van der Waals surface area contributed by atoms with Crippen LogP contribution in [0.1, 0.15) is 49.8 Å². The summed E-state index contributed by atoms with van der Waals surface area (Å²) in [5.41, 5.74) is 7.53. The summed E-state index contributed by atoms with van der Waals surface area (Å²) < 4.78 is 11.2. The van der Waals surface area contributed by atoms with Gasteiger partial charge >= 0.3 is 0 Å². The van der Waals surface area contributed by atoms with Gasteiger partial charge in [-0.05, 0) is 55.6 Å². The van der Waals surface area contributed by atoms with E-state index in [4.69, 9.17) is 26.8 Å². The van der Waals surface area contributed by atoms with Crippen molar-refractivity contribution in [1.29, 1.82) is 0 Å². The van der Waals surface area contributed by atoms with Gasteiger partial charge in [0.1, 0.15) is 0 Å². The molecule has 5 nitrogen and oxygen atoms in total. The average Bonchev–Trinajstić information content (AvgIpc) is 2.93. The highest BCUT2D eigenvalue weighted by Gasteiger charge is 2.24. The molecular formula is C23H29ClN2O3. The van der Waals surface area contributed by atoms with Gasteiger partial charge in [0, 0.05) is 17.6 Å². The molecule has 0 aromatic heterocycles. The molecule has 0 spiro atoms. The van der Waals surface area contributed by atoms with Crippen LogP contribution in [0.4, 0.5) is 0 Å². The Labute approximate surface area is 177 Å². The largest absolute Gasteiger partial charge is 0.490 e. The molecule has 2 aromatic rings. The Balaban J connectivity index is 1.82. The van der Waals surface area contributed by atoms with Gasteiger partial charge in [0.15, 0.2) is 18.1 Å². The van der Waals surface area contributed by atoms with Crippen molar-refractivity contribution in [2.24, 2.45) is 5.73 Å². The number of nitrogens with zero attached hydrogens (tertiary/aromatic N) is 1. The molecule has 3 rings (SSSR count). The maximum absolute atomic E-state index is 11.0. The number of ether oxygens (including phenoxy) is 2. The van der Waals surface area contributed by atoms with Crippen LogP contribution in [0.25, 0.3) is 0 Å². The quantitative estimate of drug-likeness (QED) is 0.676. The molecular weight excluding hydrogens is 388 g/mol. The summed E-state index contributed by atoms with van der Waals surface area (Å²) in [7, 11) is 0. The van der Waals surface area contributed by atoms with Gasteiger partial charge in [-0.2, -0.15) is 0 Å². The van der Waals surface area contributed by atoms with Crippen LogP contribution in [-0.4, -0.2) is 30.6 Å². The molecule has 1 aliphatic heterocycles. The van der Waals surface area contributed by atoms with Gasteiger partial charge in [-0.25, -0.2) is 0 Å². The summed E-state index contributed by atoms with van der Waals surface area (Å²) in [5.74, 6) is 0.659. The summed E-state index contributed by atoms with van der Waals surface area (Å²) in [6.45, 7) is 4.10. The number of primary amides is 1. The SMILES string of the molecule is CCOc1cc(CN2CCCCCC2c2ccccc2Cl)ccc1OCC(N)=O. The third kappa shape index (κ3) is 5.87. The lowest BCUT2D eigenvalue weighted by molar-refractivity contribution is -0.119. The van der Waals surface area contributed by atoms with Crippen LogP contribution >= 0.6 is 11.6 Å². The van der Waals surface area contributed by atoms with Crippen molar-refractivity contribution in [2.75, 3.05) is 19.8 Å². The maximum Gasteiger partial charge on any atom is 0.255 e. The second-order valence-electron chi connectivity index (χ2n) is 7.33. The predicted octanol–water partition coefficient (Wildman–Crippen LogP) is 4.72. The molecule has 1 heterocycles. The number of benzene rings is 2. The molecule has 156 valence electrons. The summed E-state index contributed by atoms with van der Waals surface area (Å²) in [5, 5.41) is 0.828. The van der Waals surface area contributed by atoms with Gasteiger partial charge < -0.3 is 15.2 Å². The van der Waals surface area contributed by atoms with Crippen LogP contribution < -0.4 is 15.2 Å². The highest BCUT2D eigenvalue weighted by Crippen LogP contribution is 2.36. The average molecular weight is 417 g/mol. The molecule has 29 heavy (non-hydrogen) atoms. The summed E-state index contributed by atoms with van der Waals surface area (Å²) in [6.07, 6.45) is 4.72. The van der Waals surface area contributed by atoms with Gasteiger partial charge in [-0.1, -0.05) is 48.7 Å². The summed E-state index contributed by atoms with van der Waals surface area (Å²) in [6, 6.07) is 14.3. The zero-order valence-corrected chi connectivity index (χ0v) is 17.7. The first-order valence-corrected chi connectivity index (χ1v) is 10.6. The van der Waals surface area contributed by atoms with Gasteiger partial charge in [-0.15, -0.1) is 0 Å². The first-order chi connectivity index (χ1) is 14.1. The van der Waals surface area contributed by atoms with E-state index in [2.05, 4.69) is 17.0 Å². The van der Waals surface area contributed by atoms with E-state index in [9.17, 15) is 4.79 Å². The minimum atomic E-state index is -0.510. The van der Waals surface area contributed by atoms with Crippen molar-refractivity contribution in [1.82, 2.24) is 4.90 Å². The molecule has 0 saturated carbocycles. The fourth-order valence-corrected chi connectivity index (χ4v) is 4.14. The number of amides is 1. The van der Waals surface area contributed by atoms with E-state index < -0.39 is 5.91 Å². The number of carbonyl (C=O) groups is 1. The van der Waals surface area contributed by atoms with Crippen LogP contribution in [0.5, 0.6) is 11.5 Å². The van der Waals surface area contributed by atoms with Crippen molar-refractivity contribution in [2.45, 2.75) is 45.2 Å². The van der Waals surface area contributed by atoms with E-state index in [1.54, 1.807) is 0 Å². The smallest absolute Gasteiger partial charge is 0.255 e. The number of rotatable bonds is 8. The second kappa shape index (κ2) is 10.5. The van der Waals surface area contributed by atoms with Crippen LogP contribution in [-0.2, 0) is 11.3 Å². The molecule has 1 amide bonds. The summed E-state index contributed by atoms with van der Waals surface area (Å²) >= 11 is 6.53. The molecule has 1 aliphatic rings. The molecule has 1 fully saturated rings. The van der Waals surface area contributed by atoms with E-state index in [0.717, 1.165) is 30.1 Å². The minimum Gasteiger partial charge on any atom is -0.490 e. The van der Waals surface area contributed by atoms with Crippen molar-refractivity contribution in [3.63, 3.8) is 0 Å². The highest BCUT2D eigenvalue weighted by atomic mass is 35.5. The van der Waals surface area contributed by atoms with Gasteiger partial charge in [0.25, 0.3) is 5.91 Å². The van der Waals surface area contributed by atoms with Gasteiger partial charge in [0.05, 0.1) is 6.61 Å². The fraction of sp³-hybridized carbons (Fsp3) is 0.435. The Morgan fingerprint density at radius 1 is 1.14 bits per heavy atom. The van der Waals surface area contributed by atoms with Crippen LogP contribution in [0.3, 0.4) is 0 Å². The lowest BCUT2D eigenvalue weighted by Crippen LogP contribution is -2.28. The first kappa shape index (κ1) is 21.5. The third-order valence-electron chi connectivity index (χ3n) is 5.19. The first-order valence-electron chi connectivity index (χ1n) is 10.2. The van der Waals surface area contributed by atoms with Crippen molar-refractivity contribution < 1.29 is 14.3 Å². The lowest BCUT2D eigenvalue weighted by Gasteiger charge is -2.31. The van der Waals surface area contributed by atoms with E-state index in [0.29, 0.717) is 24.1 Å². The Kier molecular flexibility index (Phi) is 7.78. The van der Waals surface area contributed by atoms with Crippen molar-refractivity contribution >= 4 is 17.5 Å². The number of halogens is 1. The van der Waals surface area contributed by atoms with E-state index in [-0.39, 0.29) is 6.61 Å². The number of carbonyl (C=O) groups excluding carboxylic acids is 1. The highest BCUT2D eigenvalue weighted by molar-refractivity contribution is 6.31. The molecule has 1 saturated heterocycles. The molecule has 0 aliphatic carbocycles. The van der Waals surface area contributed by atoms with Crippen LogP contribution in [0.2, 0.25) is 5.02 Å². The van der Waals surface area contributed by atoms with E-state index in [1.165, 1.54) is 24.8 Å². The Hall–Kier alpha value is -2.24.